The number of hydrogen-bond acceptors (Lipinski definition) is 0. The van der Waals surface area contributed by atoms with Gasteiger partial charge in [0.25, 0.3) is 0 Å². The van der Waals surface area contributed by atoms with Crippen molar-refractivity contribution in [2.24, 2.45) is 0 Å². The molecule has 0 aliphatic heterocycles. The number of rotatable bonds is 4. The summed E-state index contributed by atoms with van der Waals surface area (Å²) in [6, 6.07) is 15.6. The monoisotopic (exact) mass is 293 g/mol. The Kier molecular flexibility index (Phi) is 3.50. The minimum Gasteiger partial charge on any atom is -0.344 e. The van der Waals surface area contributed by atoms with Gasteiger partial charge in [-0.15, -0.1) is 6.58 Å². The van der Waals surface area contributed by atoms with Gasteiger partial charge in [-0.2, -0.15) is 0 Å². The molecule has 0 aliphatic rings. The molecule has 0 bridgehead atoms. The summed E-state index contributed by atoms with van der Waals surface area (Å²) < 4.78 is 2.52. The third kappa shape index (κ3) is 2.68. The lowest BCUT2D eigenvalue weighted by molar-refractivity contribution is 0.934. The first-order chi connectivity index (χ1) is 9.99. The summed E-state index contributed by atoms with van der Waals surface area (Å²) in [6.45, 7) is 11.1. The van der Waals surface area contributed by atoms with E-state index in [4.69, 9.17) is 0 Å². The zero-order valence-electron chi connectivity index (χ0n) is 13.2. The van der Waals surface area contributed by atoms with Crippen LogP contribution in [-0.4, -0.2) is 12.6 Å². The third-order valence-electron chi connectivity index (χ3n) is 3.85. The second kappa shape index (κ2) is 5.19. The van der Waals surface area contributed by atoms with Gasteiger partial charge in [-0.25, -0.2) is 0 Å². The summed E-state index contributed by atoms with van der Waals surface area (Å²) in [5, 5.41) is 2.75. The Labute approximate surface area is 127 Å². The highest BCUT2D eigenvalue weighted by molar-refractivity contribution is 6.75. The maximum absolute atomic E-state index is 3.85. The molecule has 0 amide bonds. The summed E-state index contributed by atoms with van der Waals surface area (Å²) in [5.74, 6) is 0. The molecule has 108 valence electrons. The van der Waals surface area contributed by atoms with E-state index in [0.29, 0.717) is 0 Å². The Bertz CT molecular complexity index is 805. The molecule has 1 aromatic heterocycles. The van der Waals surface area contributed by atoms with Crippen molar-refractivity contribution in [1.29, 1.82) is 0 Å². The van der Waals surface area contributed by atoms with Gasteiger partial charge in [0, 0.05) is 28.0 Å². The van der Waals surface area contributed by atoms with E-state index < -0.39 is 8.07 Å². The van der Waals surface area contributed by atoms with Gasteiger partial charge in [-0.3, -0.25) is 0 Å². The molecule has 1 nitrogen and oxygen atoms in total. The molecular weight excluding hydrogens is 270 g/mol. The summed E-state index contributed by atoms with van der Waals surface area (Å²) in [4.78, 5) is 0. The third-order valence-corrected chi connectivity index (χ3v) is 5.11. The van der Waals surface area contributed by atoms with E-state index in [1.165, 1.54) is 27.4 Å². The molecular formula is C19H23NSi. The van der Waals surface area contributed by atoms with Gasteiger partial charge in [-0.1, -0.05) is 50.0 Å². The molecule has 3 rings (SSSR count). The largest absolute Gasteiger partial charge is 0.344 e. The predicted molar refractivity (Wildman–Crippen MR) is 96.7 cm³/mol. The van der Waals surface area contributed by atoms with E-state index in [9.17, 15) is 0 Å². The zero-order valence-corrected chi connectivity index (χ0v) is 14.2. The van der Waals surface area contributed by atoms with Crippen molar-refractivity contribution in [1.82, 2.24) is 4.57 Å². The molecule has 0 N–H and O–H groups in total. The van der Waals surface area contributed by atoms with Crippen LogP contribution in [0.25, 0.3) is 21.8 Å². The van der Waals surface area contributed by atoms with Crippen molar-refractivity contribution in [3.05, 3.63) is 60.7 Å². The minimum absolute atomic E-state index is 0.934. The van der Waals surface area contributed by atoms with Crippen molar-refractivity contribution >= 4 is 29.9 Å². The number of para-hydroxylation sites is 1. The first-order valence-corrected chi connectivity index (χ1v) is 11.3. The van der Waals surface area contributed by atoms with Crippen LogP contribution < -0.4 is 0 Å². The lowest BCUT2D eigenvalue weighted by Crippen LogP contribution is -2.27. The Morgan fingerprint density at radius 1 is 1.00 bits per heavy atom. The van der Waals surface area contributed by atoms with Crippen LogP contribution in [0.15, 0.2) is 55.1 Å². The van der Waals surface area contributed by atoms with Gasteiger partial charge < -0.3 is 4.57 Å². The maximum Gasteiger partial charge on any atom is 0.0671 e. The molecule has 0 radical (unpaired) electrons. The fourth-order valence-corrected chi connectivity index (χ4v) is 4.33. The van der Waals surface area contributed by atoms with Crippen LogP contribution in [0.2, 0.25) is 19.6 Å². The summed E-state index contributed by atoms with van der Waals surface area (Å²) >= 11 is 0. The first-order valence-electron chi connectivity index (χ1n) is 7.60. The Hall–Kier alpha value is -1.80. The van der Waals surface area contributed by atoms with Crippen LogP contribution in [0, 0.1) is 0 Å². The van der Waals surface area contributed by atoms with E-state index in [-0.39, 0.29) is 0 Å². The second-order valence-corrected chi connectivity index (χ2v) is 12.4. The molecule has 0 saturated carbocycles. The highest BCUT2D eigenvalue weighted by atomic mass is 28.3. The van der Waals surface area contributed by atoms with Crippen molar-refractivity contribution in [3.8, 4) is 0 Å². The van der Waals surface area contributed by atoms with Crippen LogP contribution >= 0.6 is 0 Å². The molecule has 2 heteroatoms. The maximum atomic E-state index is 3.85. The van der Waals surface area contributed by atoms with Crippen molar-refractivity contribution < 1.29 is 0 Å². The summed E-state index contributed by atoms with van der Waals surface area (Å²) in [7, 11) is -1.18. The molecule has 2 aromatic carbocycles. The van der Waals surface area contributed by atoms with E-state index in [1.807, 2.05) is 6.08 Å². The SMILES string of the molecule is C=CCc1ccc2c(c1)c1ccccc1n2C[Si](C)(C)C. The number of aromatic nitrogens is 1. The van der Waals surface area contributed by atoms with E-state index in [0.717, 1.165) is 12.6 Å². The van der Waals surface area contributed by atoms with Gasteiger partial charge in [0.05, 0.1) is 8.07 Å². The van der Waals surface area contributed by atoms with Gasteiger partial charge in [0.2, 0.25) is 0 Å². The fraction of sp³-hybridized carbons (Fsp3) is 0.263. The number of fused-ring (bicyclic) bond motifs is 3. The lowest BCUT2D eigenvalue weighted by Gasteiger charge is -2.18. The van der Waals surface area contributed by atoms with Crippen LogP contribution in [-0.2, 0) is 12.6 Å². The van der Waals surface area contributed by atoms with Crippen molar-refractivity contribution in [2.45, 2.75) is 32.2 Å². The smallest absolute Gasteiger partial charge is 0.0671 e. The van der Waals surface area contributed by atoms with E-state index in [2.05, 4.69) is 73.3 Å². The quantitative estimate of drug-likeness (QED) is 0.448. The van der Waals surface area contributed by atoms with Gasteiger partial charge >= 0.3 is 0 Å². The van der Waals surface area contributed by atoms with Gasteiger partial charge in [0.1, 0.15) is 0 Å². The van der Waals surface area contributed by atoms with Gasteiger partial charge in [0.15, 0.2) is 0 Å². The summed E-state index contributed by atoms with van der Waals surface area (Å²) in [6.07, 6.45) is 4.07. The zero-order chi connectivity index (χ0) is 15.0. The van der Waals surface area contributed by atoms with Crippen LogP contribution in [0.5, 0.6) is 0 Å². The Morgan fingerprint density at radius 3 is 2.43 bits per heavy atom. The number of benzene rings is 2. The Morgan fingerprint density at radius 2 is 1.71 bits per heavy atom. The van der Waals surface area contributed by atoms with Crippen LogP contribution in [0.1, 0.15) is 5.56 Å². The van der Waals surface area contributed by atoms with Gasteiger partial charge in [-0.05, 0) is 30.2 Å². The second-order valence-electron chi connectivity index (χ2n) is 7.01. The van der Waals surface area contributed by atoms with Crippen LogP contribution in [0.3, 0.4) is 0 Å². The molecule has 1 heterocycles. The minimum atomic E-state index is -1.18. The number of nitrogens with zero attached hydrogens (tertiary/aromatic N) is 1. The average molecular weight is 293 g/mol. The van der Waals surface area contributed by atoms with Crippen molar-refractivity contribution in [3.63, 3.8) is 0 Å². The molecule has 0 unspecified atom stereocenters. The summed E-state index contributed by atoms with van der Waals surface area (Å²) in [5.41, 5.74) is 4.07. The molecule has 0 fully saturated rings. The highest BCUT2D eigenvalue weighted by Gasteiger charge is 2.18. The average Bonchev–Trinajstić information content (AvgIpc) is 2.72. The van der Waals surface area contributed by atoms with Crippen molar-refractivity contribution in [2.75, 3.05) is 0 Å². The highest BCUT2D eigenvalue weighted by Crippen LogP contribution is 2.30. The molecule has 0 atom stereocenters. The lowest BCUT2D eigenvalue weighted by atomic mass is 10.1. The van der Waals surface area contributed by atoms with E-state index in [1.54, 1.807) is 0 Å². The molecule has 0 saturated heterocycles. The molecule has 0 aliphatic carbocycles. The number of hydrogen-bond donors (Lipinski definition) is 0. The number of allylic oxidation sites excluding steroid dienone is 1. The predicted octanol–water partition coefficient (Wildman–Crippen LogP) is 5.40. The Balaban J connectivity index is 2.31. The molecule has 3 aromatic rings. The molecule has 0 spiro atoms. The molecule has 21 heavy (non-hydrogen) atoms. The fourth-order valence-electron chi connectivity index (χ4n) is 3.04. The topological polar surface area (TPSA) is 4.93 Å². The normalized spacial score (nSPS) is 12.1. The standard InChI is InChI=1S/C19H23NSi/c1-5-8-15-11-12-19-17(13-15)16-9-6-7-10-18(16)20(19)14-21(2,3)4/h5-7,9-13H,1,8,14H2,2-4H3. The van der Waals surface area contributed by atoms with Crippen LogP contribution in [0.4, 0.5) is 0 Å². The van der Waals surface area contributed by atoms with E-state index >= 15 is 0 Å². The first kappa shape index (κ1) is 14.1.